The second kappa shape index (κ2) is 2.74. The molecule has 1 rings (SSSR count). The molecule has 1 aromatic carbocycles. The van der Waals surface area contributed by atoms with E-state index >= 15 is 0 Å². The summed E-state index contributed by atoms with van der Waals surface area (Å²) in [7, 11) is 0. The van der Waals surface area contributed by atoms with Gasteiger partial charge in [0.1, 0.15) is 11.8 Å². The zero-order valence-electron chi connectivity index (χ0n) is 5.15. The fraction of sp³-hybridized carbons (Fsp3) is 0. The number of nitriles is 1. The molecule has 0 fully saturated rings. The Morgan fingerprint density at radius 1 is 1.30 bits per heavy atom. The van der Waals surface area contributed by atoms with Gasteiger partial charge in [0.05, 0.1) is 5.56 Å². The maximum atomic E-state index is 8.43. The second-order valence-electron chi connectivity index (χ2n) is 1.73. The van der Waals surface area contributed by atoms with Crippen LogP contribution in [0.4, 0.5) is 5.69 Å². The highest BCUT2D eigenvalue weighted by atomic mass is 15.0. The highest BCUT2D eigenvalue weighted by Gasteiger charge is 1.95. The normalized spacial score (nSPS) is 8.30. The summed E-state index contributed by atoms with van der Waals surface area (Å²) in [6.07, 6.45) is 0. The van der Waals surface area contributed by atoms with Crippen LogP contribution in [-0.4, -0.2) is 0 Å². The highest BCUT2D eigenvalue weighted by Crippen LogP contribution is 2.15. The molecule has 0 spiro atoms. The van der Waals surface area contributed by atoms with Crippen LogP contribution < -0.4 is 5.53 Å². The Balaban J connectivity index is 3.24. The van der Waals surface area contributed by atoms with Crippen LogP contribution >= 0.6 is 0 Å². The van der Waals surface area contributed by atoms with Crippen molar-refractivity contribution in [1.82, 2.24) is 5.53 Å². The summed E-state index contributed by atoms with van der Waals surface area (Å²) >= 11 is 0. The molecule has 0 unspecified atom stereocenters. The van der Waals surface area contributed by atoms with Gasteiger partial charge in [0.25, 0.3) is 0 Å². The van der Waals surface area contributed by atoms with Gasteiger partial charge in [-0.1, -0.05) is 12.1 Å². The van der Waals surface area contributed by atoms with E-state index in [4.69, 9.17) is 10.8 Å². The molecule has 47 valence electrons. The largest absolute Gasteiger partial charge is 0.192 e. The minimum absolute atomic E-state index is 0.310. The Bertz CT molecular complexity index is 285. The molecular weight excluding hydrogens is 126 g/mol. The van der Waals surface area contributed by atoms with Gasteiger partial charge in [-0.05, 0) is 17.7 Å². The summed E-state index contributed by atoms with van der Waals surface area (Å²) in [5.41, 5.74) is 9.01. The Morgan fingerprint density at radius 2 is 2.00 bits per heavy atom. The van der Waals surface area contributed by atoms with Crippen molar-refractivity contribution in [2.75, 3.05) is 0 Å². The molecule has 3 nitrogen and oxygen atoms in total. The van der Waals surface area contributed by atoms with Gasteiger partial charge in [-0.2, -0.15) is 5.26 Å². The van der Waals surface area contributed by atoms with Gasteiger partial charge >= 0.3 is 0 Å². The van der Waals surface area contributed by atoms with E-state index in [2.05, 4.69) is 5.11 Å². The maximum Gasteiger partial charge on any atom is 0.105 e. The van der Waals surface area contributed by atoms with Crippen molar-refractivity contribution >= 4 is 5.69 Å². The fourth-order valence-corrected chi connectivity index (χ4v) is 0.655. The zero-order chi connectivity index (χ0) is 7.40. The molecular formula is C7H4N3. The van der Waals surface area contributed by atoms with Crippen molar-refractivity contribution in [2.24, 2.45) is 5.11 Å². The fourth-order valence-electron chi connectivity index (χ4n) is 0.655. The summed E-state index contributed by atoms with van der Waals surface area (Å²) in [6, 6.07) is 8.47. The van der Waals surface area contributed by atoms with E-state index in [1.165, 1.54) is 0 Å². The summed E-state index contributed by atoms with van der Waals surface area (Å²) in [5, 5.41) is 11.3. The van der Waals surface area contributed by atoms with Gasteiger partial charge in [0.15, 0.2) is 0 Å². The van der Waals surface area contributed by atoms with Gasteiger partial charge in [-0.25, -0.2) is 0 Å². The molecule has 1 radical (unpaired) electrons. The molecule has 1 aromatic rings. The van der Waals surface area contributed by atoms with Crippen molar-refractivity contribution < 1.29 is 0 Å². The first-order chi connectivity index (χ1) is 4.88. The molecule has 0 amide bonds. The molecule has 0 N–H and O–H groups in total. The maximum absolute atomic E-state index is 8.43. The van der Waals surface area contributed by atoms with Gasteiger partial charge in [-0.3, -0.25) is 0 Å². The van der Waals surface area contributed by atoms with Crippen molar-refractivity contribution in [2.45, 2.75) is 0 Å². The van der Waals surface area contributed by atoms with Crippen LogP contribution in [0.5, 0.6) is 0 Å². The first-order valence-electron chi connectivity index (χ1n) is 2.72. The number of hydrogen-bond donors (Lipinski definition) is 0. The van der Waals surface area contributed by atoms with Crippen LogP contribution in [0, 0.1) is 11.3 Å². The first kappa shape index (κ1) is 6.43. The van der Waals surface area contributed by atoms with E-state index in [1.807, 2.05) is 6.07 Å². The molecule has 0 saturated carbocycles. The molecule has 0 aromatic heterocycles. The predicted molar refractivity (Wildman–Crippen MR) is 35.4 cm³/mol. The Labute approximate surface area is 58.4 Å². The molecule has 0 atom stereocenters. The van der Waals surface area contributed by atoms with Crippen molar-refractivity contribution in [3.8, 4) is 6.07 Å². The Morgan fingerprint density at radius 3 is 2.50 bits per heavy atom. The summed E-state index contributed by atoms with van der Waals surface area (Å²) in [6.45, 7) is 0. The monoisotopic (exact) mass is 130 g/mol. The minimum atomic E-state index is 0.310. The molecule has 3 heteroatoms. The van der Waals surface area contributed by atoms with E-state index in [9.17, 15) is 0 Å². The van der Waals surface area contributed by atoms with Crippen LogP contribution in [0.2, 0.25) is 0 Å². The van der Waals surface area contributed by atoms with Gasteiger partial charge in [0, 0.05) is 0 Å². The second-order valence-corrected chi connectivity index (χ2v) is 1.73. The van der Waals surface area contributed by atoms with Crippen molar-refractivity contribution in [1.29, 1.82) is 5.26 Å². The molecule has 0 bridgehead atoms. The van der Waals surface area contributed by atoms with E-state index in [1.54, 1.807) is 24.3 Å². The zero-order valence-corrected chi connectivity index (χ0v) is 5.15. The van der Waals surface area contributed by atoms with Crippen LogP contribution in [0.25, 0.3) is 0 Å². The number of benzene rings is 1. The summed E-state index contributed by atoms with van der Waals surface area (Å²) < 4.78 is 0. The lowest BCUT2D eigenvalue weighted by molar-refractivity contribution is 1.29. The average molecular weight is 130 g/mol. The topological polar surface area (TPSA) is 58.4 Å². The van der Waals surface area contributed by atoms with E-state index < -0.39 is 0 Å². The van der Waals surface area contributed by atoms with Crippen LogP contribution in [0.15, 0.2) is 29.4 Å². The molecule has 0 heterocycles. The van der Waals surface area contributed by atoms with Crippen molar-refractivity contribution in [3.63, 3.8) is 0 Å². The number of nitrogens with zero attached hydrogens (tertiary/aromatic N) is 3. The van der Waals surface area contributed by atoms with Gasteiger partial charge in [0.2, 0.25) is 0 Å². The lowest BCUT2D eigenvalue weighted by Gasteiger charge is -1.89. The van der Waals surface area contributed by atoms with Crippen LogP contribution in [0.1, 0.15) is 5.56 Å². The SMILES string of the molecule is [N]=Nc1ccccc1C#N. The van der Waals surface area contributed by atoms with Gasteiger partial charge in [-0.15, -0.1) is 5.11 Å². The molecule has 0 saturated heterocycles. The standard InChI is InChI=1S/C7H4N3/c8-5-6-3-1-2-4-7(6)10-9/h1-4H. The highest BCUT2D eigenvalue weighted by molar-refractivity contribution is 5.51. The Kier molecular flexibility index (Phi) is 1.76. The predicted octanol–water partition coefficient (Wildman–Crippen LogP) is 1.44. The minimum Gasteiger partial charge on any atom is -0.192 e. The molecule has 0 aliphatic carbocycles. The quantitative estimate of drug-likeness (QED) is 0.530. The molecule has 0 aliphatic heterocycles. The summed E-state index contributed by atoms with van der Waals surface area (Å²) in [4.78, 5) is 0. The number of rotatable bonds is 1. The third kappa shape index (κ3) is 1.00. The molecule has 10 heavy (non-hydrogen) atoms. The lowest BCUT2D eigenvalue weighted by atomic mass is 10.2. The third-order valence-electron chi connectivity index (χ3n) is 1.13. The van der Waals surface area contributed by atoms with Crippen LogP contribution in [-0.2, 0) is 0 Å². The first-order valence-corrected chi connectivity index (χ1v) is 2.72. The van der Waals surface area contributed by atoms with Crippen LogP contribution in [0.3, 0.4) is 0 Å². The smallest absolute Gasteiger partial charge is 0.105 e. The van der Waals surface area contributed by atoms with Crippen molar-refractivity contribution in [3.05, 3.63) is 29.8 Å². The summed E-state index contributed by atoms with van der Waals surface area (Å²) in [5.74, 6) is 0. The van der Waals surface area contributed by atoms with E-state index in [0.717, 1.165) is 0 Å². The molecule has 0 aliphatic rings. The third-order valence-corrected chi connectivity index (χ3v) is 1.13. The Hall–Kier alpha value is -1.69. The van der Waals surface area contributed by atoms with E-state index in [0.29, 0.717) is 11.3 Å². The number of hydrogen-bond acceptors (Lipinski definition) is 2. The van der Waals surface area contributed by atoms with Gasteiger partial charge < -0.3 is 0 Å². The lowest BCUT2D eigenvalue weighted by Crippen LogP contribution is -1.72. The average Bonchev–Trinajstić information content (AvgIpc) is 2.04. The van der Waals surface area contributed by atoms with E-state index in [-0.39, 0.29) is 0 Å².